The van der Waals surface area contributed by atoms with Crippen LogP contribution in [0.15, 0.2) is 48.5 Å². The average Bonchev–Trinajstić information content (AvgIpc) is 2.61. The Kier molecular flexibility index (Phi) is 6.78. The average molecular weight is 367 g/mol. The van der Waals surface area contributed by atoms with Gasteiger partial charge in [-0.3, -0.25) is 9.59 Å². The van der Waals surface area contributed by atoms with Crippen molar-refractivity contribution in [2.75, 3.05) is 6.54 Å². The van der Waals surface area contributed by atoms with Crippen molar-refractivity contribution in [2.45, 2.75) is 52.5 Å². The highest BCUT2D eigenvalue weighted by molar-refractivity contribution is 5.94. The highest BCUT2D eigenvalue weighted by atomic mass is 16.2. The lowest BCUT2D eigenvalue weighted by Crippen LogP contribution is -2.32. The number of nitrogens with one attached hydrogen (secondary N) is 2. The maximum Gasteiger partial charge on any atom is 0.251 e. The van der Waals surface area contributed by atoms with E-state index in [-0.39, 0.29) is 29.7 Å². The number of hydrogen-bond donors (Lipinski definition) is 2. The zero-order chi connectivity index (χ0) is 20.0. The molecule has 0 fully saturated rings. The Hall–Kier alpha value is -2.62. The van der Waals surface area contributed by atoms with E-state index >= 15 is 0 Å². The monoisotopic (exact) mass is 366 g/mol. The Balaban J connectivity index is 1.81. The lowest BCUT2D eigenvalue weighted by atomic mass is 9.87. The van der Waals surface area contributed by atoms with Crippen LogP contribution in [-0.4, -0.2) is 18.4 Å². The van der Waals surface area contributed by atoms with Gasteiger partial charge in [0, 0.05) is 18.5 Å². The summed E-state index contributed by atoms with van der Waals surface area (Å²) in [6, 6.07) is 15.6. The molecule has 2 rings (SSSR count). The second kappa shape index (κ2) is 8.85. The SMILES string of the molecule is Cc1ccccc1C(C)NC(=O)CCNC(=O)c1ccc(C(C)(C)C)cc1. The summed E-state index contributed by atoms with van der Waals surface area (Å²) in [5.74, 6) is -0.232. The lowest BCUT2D eigenvalue weighted by molar-refractivity contribution is -0.121. The molecule has 0 aliphatic heterocycles. The third-order valence-corrected chi connectivity index (χ3v) is 4.68. The Morgan fingerprint density at radius 3 is 2.22 bits per heavy atom. The van der Waals surface area contributed by atoms with Crippen LogP contribution in [0.25, 0.3) is 0 Å². The van der Waals surface area contributed by atoms with Crippen LogP contribution in [0, 0.1) is 6.92 Å². The molecule has 0 bridgehead atoms. The van der Waals surface area contributed by atoms with E-state index in [0.29, 0.717) is 12.1 Å². The maximum absolute atomic E-state index is 12.2. The number of benzene rings is 2. The Morgan fingerprint density at radius 1 is 1.00 bits per heavy atom. The van der Waals surface area contributed by atoms with Gasteiger partial charge in [-0.25, -0.2) is 0 Å². The van der Waals surface area contributed by atoms with Crippen LogP contribution < -0.4 is 10.6 Å². The number of amides is 2. The van der Waals surface area contributed by atoms with Crippen molar-refractivity contribution in [1.29, 1.82) is 0 Å². The molecule has 1 atom stereocenters. The largest absolute Gasteiger partial charge is 0.352 e. The number of hydrogen-bond acceptors (Lipinski definition) is 2. The summed E-state index contributed by atoms with van der Waals surface area (Å²) in [4.78, 5) is 24.4. The summed E-state index contributed by atoms with van der Waals surface area (Å²) >= 11 is 0. The first-order valence-electron chi connectivity index (χ1n) is 9.42. The van der Waals surface area contributed by atoms with Crippen molar-refractivity contribution in [3.05, 3.63) is 70.8 Å². The topological polar surface area (TPSA) is 58.2 Å². The van der Waals surface area contributed by atoms with Crippen LogP contribution in [-0.2, 0) is 10.2 Å². The summed E-state index contributed by atoms with van der Waals surface area (Å²) in [5, 5.41) is 5.80. The van der Waals surface area contributed by atoms with Gasteiger partial charge in [-0.15, -0.1) is 0 Å². The normalized spacial score (nSPS) is 12.3. The van der Waals surface area contributed by atoms with Crippen LogP contribution >= 0.6 is 0 Å². The van der Waals surface area contributed by atoms with Crippen LogP contribution in [0.4, 0.5) is 0 Å². The van der Waals surface area contributed by atoms with E-state index in [9.17, 15) is 9.59 Å². The van der Waals surface area contributed by atoms with Crippen LogP contribution in [0.3, 0.4) is 0 Å². The van der Waals surface area contributed by atoms with Gasteiger partial charge in [-0.05, 0) is 48.1 Å². The molecule has 1 unspecified atom stereocenters. The molecule has 2 amide bonds. The first-order chi connectivity index (χ1) is 12.7. The smallest absolute Gasteiger partial charge is 0.251 e. The van der Waals surface area contributed by atoms with Gasteiger partial charge in [-0.1, -0.05) is 57.2 Å². The molecule has 0 heterocycles. The van der Waals surface area contributed by atoms with E-state index in [4.69, 9.17) is 0 Å². The molecule has 0 radical (unpaired) electrons. The van der Waals surface area contributed by atoms with Crippen molar-refractivity contribution < 1.29 is 9.59 Å². The lowest BCUT2D eigenvalue weighted by Gasteiger charge is -2.19. The Bertz CT molecular complexity index is 789. The predicted octanol–water partition coefficient (Wildman–Crippen LogP) is 4.29. The molecular formula is C23H30N2O2. The molecule has 0 aliphatic carbocycles. The van der Waals surface area contributed by atoms with Crippen molar-refractivity contribution in [3.63, 3.8) is 0 Å². The van der Waals surface area contributed by atoms with E-state index in [1.807, 2.05) is 62.4 Å². The number of carbonyl (C=O) groups excluding carboxylic acids is 2. The molecule has 0 spiro atoms. The van der Waals surface area contributed by atoms with Gasteiger partial charge in [-0.2, -0.15) is 0 Å². The minimum absolute atomic E-state index is 0.0562. The van der Waals surface area contributed by atoms with Gasteiger partial charge in [0.25, 0.3) is 5.91 Å². The third kappa shape index (κ3) is 5.95. The Morgan fingerprint density at radius 2 is 1.63 bits per heavy atom. The quantitative estimate of drug-likeness (QED) is 0.801. The van der Waals surface area contributed by atoms with Crippen LogP contribution in [0.1, 0.15) is 67.2 Å². The molecule has 0 saturated carbocycles. The first-order valence-corrected chi connectivity index (χ1v) is 9.42. The highest BCUT2D eigenvalue weighted by Gasteiger charge is 2.15. The fourth-order valence-corrected chi connectivity index (χ4v) is 2.98. The Labute approximate surface area is 162 Å². The van der Waals surface area contributed by atoms with E-state index in [0.717, 1.165) is 11.1 Å². The zero-order valence-electron chi connectivity index (χ0n) is 16.9. The second-order valence-corrected chi connectivity index (χ2v) is 7.98. The third-order valence-electron chi connectivity index (χ3n) is 4.68. The molecule has 2 N–H and O–H groups in total. The molecule has 0 aromatic heterocycles. The standard InChI is InChI=1S/C23H30N2O2/c1-16-8-6-7-9-20(16)17(2)25-21(26)14-15-24-22(27)18-10-12-19(13-11-18)23(3,4)5/h6-13,17H,14-15H2,1-5H3,(H,24,27)(H,25,26). The van der Waals surface area contributed by atoms with Crippen LogP contribution in [0.2, 0.25) is 0 Å². The molecule has 4 nitrogen and oxygen atoms in total. The molecule has 144 valence electrons. The van der Waals surface area contributed by atoms with Gasteiger partial charge in [0.05, 0.1) is 6.04 Å². The van der Waals surface area contributed by atoms with Crippen molar-refractivity contribution in [3.8, 4) is 0 Å². The fraction of sp³-hybridized carbons (Fsp3) is 0.391. The van der Waals surface area contributed by atoms with Gasteiger partial charge in [0.15, 0.2) is 0 Å². The molecule has 0 saturated heterocycles. The van der Waals surface area contributed by atoms with Gasteiger partial charge < -0.3 is 10.6 Å². The molecule has 0 aliphatic rings. The summed E-state index contributed by atoms with van der Waals surface area (Å²) in [5.41, 5.74) is 4.10. The predicted molar refractivity (Wildman–Crippen MR) is 110 cm³/mol. The molecule has 4 heteroatoms. The second-order valence-electron chi connectivity index (χ2n) is 7.98. The van der Waals surface area contributed by atoms with E-state index in [1.54, 1.807) is 0 Å². The number of carbonyl (C=O) groups is 2. The van der Waals surface area contributed by atoms with Crippen molar-refractivity contribution in [2.24, 2.45) is 0 Å². The molecule has 2 aromatic carbocycles. The summed E-state index contributed by atoms with van der Waals surface area (Å²) in [6.45, 7) is 10.7. The minimum Gasteiger partial charge on any atom is -0.352 e. The molecule has 2 aromatic rings. The van der Waals surface area contributed by atoms with Crippen molar-refractivity contribution >= 4 is 11.8 Å². The highest BCUT2D eigenvalue weighted by Crippen LogP contribution is 2.22. The summed E-state index contributed by atoms with van der Waals surface area (Å²) in [6.07, 6.45) is 0.252. The van der Waals surface area contributed by atoms with E-state index in [2.05, 4.69) is 31.4 Å². The van der Waals surface area contributed by atoms with Crippen LogP contribution in [0.5, 0.6) is 0 Å². The fourth-order valence-electron chi connectivity index (χ4n) is 2.98. The van der Waals surface area contributed by atoms with Crippen molar-refractivity contribution in [1.82, 2.24) is 10.6 Å². The van der Waals surface area contributed by atoms with E-state index in [1.165, 1.54) is 5.56 Å². The molecular weight excluding hydrogens is 336 g/mol. The first kappa shape index (κ1) is 20.7. The summed E-state index contributed by atoms with van der Waals surface area (Å²) in [7, 11) is 0. The van der Waals surface area contributed by atoms with E-state index < -0.39 is 0 Å². The van der Waals surface area contributed by atoms with Gasteiger partial charge in [0.1, 0.15) is 0 Å². The van der Waals surface area contributed by atoms with Gasteiger partial charge in [0.2, 0.25) is 5.91 Å². The van der Waals surface area contributed by atoms with Gasteiger partial charge >= 0.3 is 0 Å². The minimum atomic E-state index is -0.157. The number of rotatable bonds is 6. The summed E-state index contributed by atoms with van der Waals surface area (Å²) < 4.78 is 0. The maximum atomic E-state index is 12.2. The zero-order valence-corrected chi connectivity index (χ0v) is 16.9. The molecule has 27 heavy (non-hydrogen) atoms. The number of aryl methyl sites for hydroxylation is 1.